The van der Waals surface area contributed by atoms with Gasteiger partial charge in [-0.15, -0.1) is 0 Å². The molecule has 0 fully saturated rings. The Morgan fingerprint density at radius 1 is 1.33 bits per heavy atom. The van der Waals surface area contributed by atoms with Crippen LogP contribution in [0.1, 0.15) is 17.5 Å². The monoisotopic (exact) mass is 413 g/mol. The first-order valence-electron chi connectivity index (χ1n) is 7.82. The summed E-state index contributed by atoms with van der Waals surface area (Å²) in [5.41, 5.74) is 0.560. The number of hydrogen-bond acceptors (Lipinski definition) is 4. The maximum Gasteiger partial charge on any atom is 0.417 e. The zero-order valence-corrected chi connectivity index (χ0v) is 15.8. The Balaban J connectivity index is 2.09. The van der Waals surface area contributed by atoms with Gasteiger partial charge in [-0.3, -0.25) is 4.79 Å². The molecule has 142 valence electrons. The van der Waals surface area contributed by atoms with Crippen molar-refractivity contribution >= 4 is 35.0 Å². The minimum absolute atomic E-state index is 0.0224. The maximum atomic E-state index is 12.6. The normalized spacial score (nSPS) is 11.1. The molecule has 0 unspecified atom stereocenters. The Bertz CT molecular complexity index is 850. The van der Waals surface area contributed by atoms with Crippen molar-refractivity contribution in [2.45, 2.75) is 24.5 Å². The molecule has 0 N–H and O–H groups in total. The summed E-state index contributed by atoms with van der Waals surface area (Å²) in [5.74, 6) is -0.301. The molecule has 1 amide bonds. The van der Waals surface area contributed by atoms with Gasteiger partial charge in [-0.25, -0.2) is 4.98 Å². The summed E-state index contributed by atoms with van der Waals surface area (Å²) in [6.45, 7) is 2.01. The summed E-state index contributed by atoms with van der Waals surface area (Å²) in [6, 6.07) is 9.26. The van der Waals surface area contributed by atoms with Crippen molar-refractivity contribution in [2.75, 3.05) is 17.2 Å². The van der Waals surface area contributed by atoms with Crippen molar-refractivity contribution in [3.63, 3.8) is 0 Å². The molecule has 0 atom stereocenters. The fraction of sp³-hybridized carbons (Fsp3) is 0.278. The summed E-state index contributed by atoms with van der Waals surface area (Å²) in [7, 11) is 0. The number of rotatable bonds is 6. The molecule has 27 heavy (non-hydrogen) atoms. The molecule has 4 nitrogen and oxygen atoms in total. The van der Waals surface area contributed by atoms with Crippen LogP contribution in [-0.4, -0.2) is 23.2 Å². The van der Waals surface area contributed by atoms with E-state index in [1.807, 2.05) is 6.07 Å². The number of hydrogen-bond donors (Lipinski definition) is 0. The average molecular weight is 414 g/mol. The summed E-state index contributed by atoms with van der Waals surface area (Å²) in [4.78, 5) is 17.8. The number of carbonyl (C=O) groups is 1. The molecule has 0 aliphatic carbocycles. The summed E-state index contributed by atoms with van der Waals surface area (Å²) >= 11 is 7.04. The predicted molar refractivity (Wildman–Crippen MR) is 98.7 cm³/mol. The first-order chi connectivity index (χ1) is 12.7. The van der Waals surface area contributed by atoms with Crippen LogP contribution >= 0.6 is 23.4 Å². The van der Waals surface area contributed by atoms with Crippen LogP contribution in [0.3, 0.4) is 0 Å². The van der Waals surface area contributed by atoms with Gasteiger partial charge < -0.3 is 4.90 Å². The largest absolute Gasteiger partial charge is 0.417 e. The van der Waals surface area contributed by atoms with Crippen molar-refractivity contribution in [1.29, 1.82) is 5.26 Å². The van der Waals surface area contributed by atoms with Crippen molar-refractivity contribution in [2.24, 2.45) is 0 Å². The zero-order chi connectivity index (χ0) is 20.0. The van der Waals surface area contributed by atoms with E-state index in [1.165, 1.54) is 11.0 Å². The van der Waals surface area contributed by atoms with Crippen LogP contribution in [0.15, 0.2) is 41.6 Å². The smallest absolute Gasteiger partial charge is 0.311 e. The minimum atomic E-state index is -4.45. The van der Waals surface area contributed by atoms with Gasteiger partial charge in [0.05, 0.1) is 28.8 Å². The Morgan fingerprint density at radius 3 is 2.63 bits per heavy atom. The standard InChI is InChI=1S/C18H15ClF3N3OS/c1-12-9-14(4-5-15(12)19)25(8-2-7-23)17(26)11-27-16-6-3-13(10-24-16)18(20,21)22/h3-6,9-10H,2,8,11H2,1H3. The molecule has 1 heterocycles. The number of aromatic nitrogens is 1. The SMILES string of the molecule is Cc1cc(N(CCC#N)C(=O)CSc2ccc(C(F)(F)F)cn2)ccc1Cl. The van der Waals surface area contributed by atoms with Crippen LogP contribution in [0.4, 0.5) is 18.9 Å². The second-order valence-corrected chi connectivity index (χ2v) is 6.96. The minimum Gasteiger partial charge on any atom is -0.311 e. The lowest BCUT2D eigenvalue weighted by Crippen LogP contribution is -2.33. The lowest BCUT2D eigenvalue weighted by atomic mass is 10.2. The third kappa shape index (κ3) is 5.88. The number of amides is 1. The predicted octanol–water partition coefficient (Wildman–Crippen LogP) is 5.10. The molecule has 0 spiro atoms. The molecule has 0 saturated heterocycles. The van der Waals surface area contributed by atoms with Crippen LogP contribution in [-0.2, 0) is 11.0 Å². The van der Waals surface area contributed by atoms with Crippen molar-refractivity contribution in [1.82, 2.24) is 4.98 Å². The fourth-order valence-electron chi connectivity index (χ4n) is 2.20. The van der Waals surface area contributed by atoms with Crippen molar-refractivity contribution < 1.29 is 18.0 Å². The molecule has 2 aromatic rings. The lowest BCUT2D eigenvalue weighted by Gasteiger charge is -2.22. The highest BCUT2D eigenvalue weighted by Gasteiger charge is 2.30. The van der Waals surface area contributed by atoms with Crippen LogP contribution in [0, 0.1) is 18.3 Å². The summed E-state index contributed by atoms with van der Waals surface area (Å²) in [5, 5.41) is 9.70. The van der Waals surface area contributed by atoms with Gasteiger partial charge >= 0.3 is 6.18 Å². The topological polar surface area (TPSA) is 57.0 Å². The van der Waals surface area contributed by atoms with E-state index in [2.05, 4.69) is 4.98 Å². The number of halogens is 4. The van der Waals surface area contributed by atoms with E-state index in [0.29, 0.717) is 15.7 Å². The van der Waals surface area contributed by atoms with Gasteiger partial charge in [0.2, 0.25) is 5.91 Å². The van der Waals surface area contributed by atoms with E-state index in [1.54, 1.807) is 25.1 Å². The number of alkyl halides is 3. The number of nitriles is 1. The zero-order valence-electron chi connectivity index (χ0n) is 14.3. The number of thioether (sulfide) groups is 1. The number of carbonyl (C=O) groups excluding carboxylic acids is 1. The van der Waals surface area contributed by atoms with Gasteiger partial charge in [-0.05, 0) is 42.8 Å². The van der Waals surface area contributed by atoms with E-state index < -0.39 is 11.7 Å². The Morgan fingerprint density at radius 2 is 2.07 bits per heavy atom. The van der Waals surface area contributed by atoms with E-state index in [0.717, 1.165) is 29.6 Å². The second kappa shape index (κ2) is 9.11. The van der Waals surface area contributed by atoms with Crippen molar-refractivity contribution in [3.05, 3.63) is 52.7 Å². The fourth-order valence-corrected chi connectivity index (χ4v) is 3.04. The van der Waals surface area contributed by atoms with Gasteiger partial charge in [0.15, 0.2) is 0 Å². The van der Waals surface area contributed by atoms with Crippen LogP contribution in [0.5, 0.6) is 0 Å². The van der Waals surface area contributed by atoms with Crippen LogP contribution < -0.4 is 4.90 Å². The first-order valence-corrected chi connectivity index (χ1v) is 9.18. The molecule has 0 saturated carbocycles. The number of pyridine rings is 1. The molecule has 2 rings (SSSR count). The Kier molecular flexibility index (Phi) is 7.11. The second-order valence-electron chi connectivity index (χ2n) is 5.56. The van der Waals surface area contributed by atoms with Crippen LogP contribution in [0.25, 0.3) is 0 Å². The average Bonchev–Trinajstić information content (AvgIpc) is 2.62. The molecule has 0 aliphatic heterocycles. The third-order valence-electron chi connectivity index (χ3n) is 3.61. The van der Waals surface area contributed by atoms with Crippen LogP contribution in [0.2, 0.25) is 5.02 Å². The number of aryl methyl sites for hydroxylation is 1. The molecular formula is C18H15ClF3N3OS. The molecule has 1 aromatic heterocycles. The molecular weight excluding hydrogens is 399 g/mol. The van der Waals surface area contributed by atoms with Gasteiger partial charge in [-0.1, -0.05) is 23.4 Å². The third-order valence-corrected chi connectivity index (χ3v) is 4.96. The first kappa shape index (κ1) is 21.1. The Labute approximate surface area is 163 Å². The van der Waals surface area contributed by atoms with Gasteiger partial charge in [-0.2, -0.15) is 18.4 Å². The van der Waals surface area contributed by atoms with Gasteiger partial charge in [0.1, 0.15) is 0 Å². The maximum absolute atomic E-state index is 12.6. The quantitative estimate of drug-likeness (QED) is 0.618. The van der Waals surface area contributed by atoms with E-state index in [4.69, 9.17) is 16.9 Å². The molecule has 9 heteroatoms. The van der Waals surface area contributed by atoms with E-state index in [-0.39, 0.29) is 24.6 Å². The van der Waals surface area contributed by atoms with E-state index >= 15 is 0 Å². The molecule has 1 aromatic carbocycles. The number of anilines is 1. The van der Waals surface area contributed by atoms with Gasteiger partial charge in [0.25, 0.3) is 0 Å². The van der Waals surface area contributed by atoms with Crippen molar-refractivity contribution in [3.8, 4) is 6.07 Å². The van der Waals surface area contributed by atoms with Gasteiger partial charge in [0, 0.05) is 23.5 Å². The molecule has 0 bridgehead atoms. The highest BCUT2D eigenvalue weighted by atomic mass is 35.5. The van der Waals surface area contributed by atoms with E-state index in [9.17, 15) is 18.0 Å². The highest BCUT2D eigenvalue weighted by molar-refractivity contribution is 7.99. The summed E-state index contributed by atoms with van der Waals surface area (Å²) in [6.07, 6.45) is -3.56. The lowest BCUT2D eigenvalue weighted by molar-refractivity contribution is -0.137. The number of nitrogens with zero attached hydrogens (tertiary/aromatic N) is 3. The molecule has 0 aliphatic rings. The molecule has 0 radical (unpaired) electrons. The number of benzene rings is 1. The summed E-state index contributed by atoms with van der Waals surface area (Å²) < 4.78 is 37.7. The highest BCUT2D eigenvalue weighted by Crippen LogP contribution is 2.30. The Hall–Kier alpha value is -2.24.